The monoisotopic (exact) mass is 372 g/mol. The van der Waals surface area contributed by atoms with Crippen molar-refractivity contribution in [2.45, 2.75) is 64.2 Å². The maximum atomic E-state index is 14.6. The van der Waals surface area contributed by atoms with Gasteiger partial charge >= 0.3 is 0 Å². The van der Waals surface area contributed by atoms with E-state index in [4.69, 9.17) is 4.74 Å². The lowest BCUT2D eigenvalue weighted by atomic mass is 9.77. The summed E-state index contributed by atoms with van der Waals surface area (Å²) in [6, 6.07) is 7.37. The predicted molar refractivity (Wildman–Crippen MR) is 108 cm³/mol. The molecule has 0 amide bonds. The molecule has 0 atom stereocenters. The van der Waals surface area contributed by atoms with Crippen molar-refractivity contribution in [3.05, 3.63) is 54.1 Å². The third kappa shape index (κ3) is 4.69. The Kier molecular flexibility index (Phi) is 6.87. The minimum absolute atomic E-state index is 0.0553. The van der Waals surface area contributed by atoms with Crippen LogP contribution in [0, 0.1) is 17.6 Å². The molecule has 146 valence electrons. The van der Waals surface area contributed by atoms with Crippen molar-refractivity contribution in [3.63, 3.8) is 0 Å². The molecule has 2 aromatic carbocycles. The lowest BCUT2D eigenvalue weighted by molar-refractivity contribution is 0.303. The number of benzene rings is 2. The zero-order chi connectivity index (χ0) is 19.2. The van der Waals surface area contributed by atoms with Gasteiger partial charge in [0.05, 0.1) is 0 Å². The van der Waals surface area contributed by atoms with Gasteiger partial charge in [0.2, 0.25) is 5.82 Å². The van der Waals surface area contributed by atoms with Crippen LogP contribution in [0.1, 0.15) is 69.8 Å². The summed E-state index contributed by atoms with van der Waals surface area (Å²) in [5.41, 5.74) is 1.13. The van der Waals surface area contributed by atoms with Crippen LogP contribution in [-0.4, -0.2) is 6.61 Å². The highest BCUT2D eigenvalue weighted by Crippen LogP contribution is 2.39. The lowest BCUT2D eigenvalue weighted by Gasteiger charge is -2.29. The van der Waals surface area contributed by atoms with Gasteiger partial charge in [-0.1, -0.05) is 57.4 Å². The molecule has 1 aliphatic carbocycles. The third-order valence-corrected chi connectivity index (χ3v) is 5.90. The molecule has 2 aromatic rings. The second kappa shape index (κ2) is 9.34. The molecule has 1 fully saturated rings. The number of halogens is 2. The van der Waals surface area contributed by atoms with E-state index >= 15 is 0 Å². The number of ether oxygens (including phenoxy) is 1. The minimum atomic E-state index is -0.916. The van der Waals surface area contributed by atoms with Gasteiger partial charge in [0.25, 0.3) is 0 Å². The third-order valence-electron chi connectivity index (χ3n) is 5.90. The van der Waals surface area contributed by atoms with E-state index in [9.17, 15) is 8.78 Å². The van der Waals surface area contributed by atoms with Gasteiger partial charge in [-0.25, -0.2) is 4.39 Å². The van der Waals surface area contributed by atoms with Crippen LogP contribution in [0.15, 0.2) is 36.9 Å². The molecular formula is C24H30F2O. The molecular weight excluding hydrogens is 342 g/mol. The molecule has 0 N–H and O–H groups in total. The van der Waals surface area contributed by atoms with Crippen molar-refractivity contribution >= 4 is 10.8 Å². The zero-order valence-corrected chi connectivity index (χ0v) is 16.3. The Balaban J connectivity index is 1.73. The van der Waals surface area contributed by atoms with Crippen molar-refractivity contribution in [1.82, 2.24) is 0 Å². The van der Waals surface area contributed by atoms with E-state index < -0.39 is 11.6 Å². The molecule has 0 unspecified atom stereocenters. The number of hydrogen-bond acceptors (Lipinski definition) is 1. The molecule has 27 heavy (non-hydrogen) atoms. The maximum absolute atomic E-state index is 14.6. The van der Waals surface area contributed by atoms with E-state index in [1.807, 2.05) is 12.1 Å². The Bertz CT molecular complexity index is 776. The van der Waals surface area contributed by atoms with E-state index in [0.717, 1.165) is 24.3 Å². The largest absolute Gasteiger partial charge is 0.486 e. The second-order valence-electron chi connectivity index (χ2n) is 7.80. The molecule has 0 saturated heterocycles. The Labute approximate surface area is 161 Å². The normalized spacial score (nSPS) is 20.0. The summed E-state index contributed by atoms with van der Waals surface area (Å²) in [6.07, 6.45) is 11.6. The highest BCUT2D eigenvalue weighted by Gasteiger charge is 2.23. The molecule has 3 heteroatoms. The Morgan fingerprint density at radius 1 is 1.07 bits per heavy atom. The van der Waals surface area contributed by atoms with Crippen LogP contribution >= 0.6 is 0 Å². The fourth-order valence-corrected chi connectivity index (χ4v) is 4.30. The van der Waals surface area contributed by atoms with Crippen LogP contribution < -0.4 is 4.74 Å². The van der Waals surface area contributed by atoms with E-state index in [-0.39, 0.29) is 12.4 Å². The predicted octanol–water partition coefficient (Wildman–Crippen LogP) is 7.54. The molecule has 0 heterocycles. The van der Waals surface area contributed by atoms with Gasteiger partial charge in [-0.2, -0.15) is 4.39 Å². The van der Waals surface area contributed by atoms with Crippen LogP contribution in [0.4, 0.5) is 8.78 Å². The van der Waals surface area contributed by atoms with Gasteiger partial charge in [-0.15, -0.1) is 0 Å². The van der Waals surface area contributed by atoms with Gasteiger partial charge in [0.15, 0.2) is 11.6 Å². The first kappa shape index (κ1) is 19.9. The van der Waals surface area contributed by atoms with E-state index in [1.54, 1.807) is 6.07 Å². The molecule has 0 radical (unpaired) electrons. The molecule has 0 bridgehead atoms. The van der Waals surface area contributed by atoms with Crippen LogP contribution in [0.25, 0.3) is 10.8 Å². The van der Waals surface area contributed by atoms with Gasteiger partial charge in [0.1, 0.15) is 6.61 Å². The summed E-state index contributed by atoms with van der Waals surface area (Å²) in [7, 11) is 0. The second-order valence-corrected chi connectivity index (χ2v) is 7.80. The van der Waals surface area contributed by atoms with Crippen molar-refractivity contribution in [2.75, 3.05) is 6.61 Å². The van der Waals surface area contributed by atoms with Crippen LogP contribution in [0.5, 0.6) is 5.75 Å². The van der Waals surface area contributed by atoms with Gasteiger partial charge < -0.3 is 4.74 Å². The van der Waals surface area contributed by atoms with Crippen LogP contribution in [0.2, 0.25) is 0 Å². The van der Waals surface area contributed by atoms with Crippen molar-refractivity contribution < 1.29 is 13.5 Å². The molecule has 1 nitrogen and oxygen atoms in total. The van der Waals surface area contributed by atoms with Gasteiger partial charge in [-0.3, -0.25) is 0 Å². The molecule has 0 spiro atoms. The Morgan fingerprint density at radius 3 is 2.56 bits per heavy atom. The van der Waals surface area contributed by atoms with Crippen LogP contribution in [-0.2, 0) is 0 Å². The summed E-state index contributed by atoms with van der Waals surface area (Å²) in [4.78, 5) is 0. The van der Waals surface area contributed by atoms with Crippen molar-refractivity contribution in [2.24, 2.45) is 5.92 Å². The fraction of sp³-hybridized carbons (Fsp3) is 0.500. The van der Waals surface area contributed by atoms with Gasteiger partial charge in [-0.05, 0) is 60.6 Å². The summed E-state index contributed by atoms with van der Waals surface area (Å²) >= 11 is 0. The average Bonchev–Trinajstić information content (AvgIpc) is 2.70. The SMILES string of the molecule is C=CCOc1cc2ccc(C3CCC(CCCCC)CC3)cc2c(F)c1F. The topological polar surface area (TPSA) is 9.23 Å². The Morgan fingerprint density at radius 2 is 1.85 bits per heavy atom. The van der Waals surface area contributed by atoms with Crippen LogP contribution in [0.3, 0.4) is 0 Å². The van der Waals surface area contributed by atoms with Gasteiger partial charge in [0, 0.05) is 5.39 Å². The first-order valence-electron chi connectivity index (χ1n) is 10.3. The number of fused-ring (bicyclic) bond motifs is 1. The van der Waals surface area contributed by atoms with E-state index in [2.05, 4.69) is 19.6 Å². The Hall–Kier alpha value is -1.90. The summed E-state index contributed by atoms with van der Waals surface area (Å²) < 4.78 is 34.1. The molecule has 0 aromatic heterocycles. The van der Waals surface area contributed by atoms with Crippen molar-refractivity contribution in [3.8, 4) is 5.75 Å². The zero-order valence-electron chi connectivity index (χ0n) is 16.3. The number of rotatable bonds is 8. The standard InChI is InChI=1S/C24H30F2O/c1-3-5-6-7-17-8-10-18(11-9-17)19-12-13-20-16-22(27-14-4-2)24(26)23(25)21(20)15-19/h4,12-13,15-18H,2-3,5-11,14H2,1H3. The molecule has 0 aliphatic heterocycles. The highest BCUT2D eigenvalue weighted by molar-refractivity contribution is 5.85. The molecule has 3 rings (SSSR count). The fourth-order valence-electron chi connectivity index (χ4n) is 4.30. The van der Waals surface area contributed by atoms with Crippen molar-refractivity contribution in [1.29, 1.82) is 0 Å². The highest BCUT2D eigenvalue weighted by atomic mass is 19.2. The minimum Gasteiger partial charge on any atom is -0.486 e. The average molecular weight is 372 g/mol. The van der Waals surface area contributed by atoms with E-state index in [1.165, 1.54) is 44.6 Å². The first-order valence-corrected chi connectivity index (χ1v) is 10.3. The summed E-state index contributed by atoms with van der Waals surface area (Å²) in [6.45, 7) is 5.94. The summed E-state index contributed by atoms with van der Waals surface area (Å²) in [5.74, 6) is -0.494. The quantitative estimate of drug-likeness (QED) is 0.343. The molecule has 1 aliphatic rings. The van der Waals surface area contributed by atoms with E-state index in [0.29, 0.717) is 16.7 Å². The maximum Gasteiger partial charge on any atom is 0.201 e. The first-order chi connectivity index (χ1) is 13.1. The smallest absolute Gasteiger partial charge is 0.201 e. The summed E-state index contributed by atoms with van der Waals surface area (Å²) in [5, 5.41) is 1.02. The lowest BCUT2D eigenvalue weighted by Crippen LogP contribution is -2.13. The number of unbranched alkanes of at least 4 members (excludes halogenated alkanes) is 2. The molecule has 1 saturated carbocycles. The number of hydrogen-bond donors (Lipinski definition) is 0.